The molecule has 39 heavy (non-hydrogen) atoms. The molecule has 0 radical (unpaired) electrons. The summed E-state index contributed by atoms with van der Waals surface area (Å²) in [6, 6.07) is 23.1. The van der Waals surface area contributed by atoms with Gasteiger partial charge in [-0.05, 0) is 66.4 Å². The second-order valence-corrected chi connectivity index (χ2v) is 11.2. The van der Waals surface area contributed by atoms with E-state index in [0.717, 1.165) is 55.6 Å². The molecule has 5 rings (SSSR count). The quantitative estimate of drug-likeness (QED) is 0.333. The average molecular weight is 563 g/mol. The molecule has 1 heterocycles. The maximum Gasteiger partial charge on any atom is 0.326 e. The van der Waals surface area contributed by atoms with Crippen molar-refractivity contribution in [2.24, 2.45) is 0 Å². The molecule has 1 aliphatic heterocycles. The molecule has 0 unspecified atom stereocenters. The van der Waals surface area contributed by atoms with Crippen molar-refractivity contribution in [2.45, 2.75) is 31.7 Å². The minimum atomic E-state index is -0.239. The number of carbonyl (C=O) groups excluding carboxylic acids is 1. The van der Waals surface area contributed by atoms with Crippen molar-refractivity contribution in [2.75, 3.05) is 49.5 Å². The van der Waals surface area contributed by atoms with Crippen molar-refractivity contribution in [1.29, 1.82) is 5.26 Å². The predicted molar refractivity (Wildman–Crippen MR) is 160 cm³/mol. The number of amides is 2. The Labute approximate surface area is 240 Å². The molecule has 6 nitrogen and oxygen atoms in total. The molecule has 8 heteroatoms. The molecule has 1 N–H and O–H groups in total. The number of hydrogen-bond donors (Lipinski definition) is 1. The van der Waals surface area contributed by atoms with Gasteiger partial charge in [0.1, 0.15) is 0 Å². The largest absolute Gasteiger partial charge is 0.326 e. The van der Waals surface area contributed by atoms with Crippen molar-refractivity contribution in [3.63, 3.8) is 0 Å². The highest BCUT2D eigenvalue weighted by atomic mass is 35.5. The van der Waals surface area contributed by atoms with Gasteiger partial charge in [0, 0.05) is 66.7 Å². The SMILES string of the molecule is N#Cc1cccc(-c2ccc(N(CCN3CCN(C4CCCC4)CC3)C(=O)Nc3cc(Cl)cc(Cl)c3)cc2)c1. The molecular formula is C31H33Cl2N5O. The number of carbonyl (C=O) groups is 1. The molecule has 0 spiro atoms. The number of urea groups is 1. The lowest BCUT2D eigenvalue weighted by Gasteiger charge is -2.38. The summed E-state index contributed by atoms with van der Waals surface area (Å²) in [6.07, 6.45) is 5.38. The Morgan fingerprint density at radius 1 is 0.923 bits per heavy atom. The number of rotatable bonds is 7. The number of nitriles is 1. The summed E-state index contributed by atoms with van der Waals surface area (Å²) in [4.78, 5) is 20.4. The molecule has 1 aliphatic carbocycles. The molecule has 1 saturated heterocycles. The van der Waals surface area contributed by atoms with Gasteiger partial charge in [-0.1, -0.05) is 60.3 Å². The van der Waals surface area contributed by atoms with Crippen molar-refractivity contribution in [1.82, 2.24) is 9.80 Å². The standard InChI is InChI=1S/C31H33Cl2N5O/c32-26-19-27(33)21-28(20-26)35-31(39)38(17-14-36-12-15-37(16-13-36)29-6-1-2-7-29)30-10-8-24(9-11-30)25-5-3-4-23(18-25)22-34/h3-5,8-11,18-21,29H,1-2,6-7,12-17H2,(H,35,39). The zero-order valence-electron chi connectivity index (χ0n) is 22.0. The van der Waals surface area contributed by atoms with Crippen molar-refractivity contribution in [3.05, 3.63) is 82.3 Å². The van der Waals surface area contributed by atoms with Crippen LogP contribution in [0.25, 0.3) is 11.1 Å². The van der Waals surface area contributed by atoms with Crippen LogP contribution >= 0.6 is 23.2 Å². The minimum Gasteiger partial charge on any atom is -0.307 e. The van der Waals surface area contributed by atoms with Gasteiger partial charge in [-0.3, -0.25) is 14.7 Å². The molecule has 0 aromatic heterocycles. The third kappa shape index (κ3) is 7.12. The van der Waals surface area contributed by atoms with Crippen molar-refractivity contribution >= 4 is 40.6 Å². The van der Waals surface area contributed by atoms with Crippen molar-refractivity contribution in [3.8, 4) is 17.2 Å². The first-order valence-corrected chi connectivity index (χ1v) is 14.4. The fourth-order valence-corrected chi connectivity index (χ4v) is 6.16. The smallest absolute Gasteiger partial charge is 0.307 e. The lowest BCUT2D eigenvalue weighted by Crippen LogP contribution is -2.51. The maximum absolute atomic E-state index is 13.5. The monoisotopic (exact) mass is 561 g/mol. The Morgan fingerprint density at radius 2 is 1.62 bits per heavy atom. The van der Waals surface area contributed by atoms with Crippen LogP contribution in [-0.4, -0.2) is 61.1 Å². The molecule has 1 saturated carbocycles. The first kappa shape index (κ1) is 27.5. The van der Waals surface area contributed by atoms with E-state index in [1.807, 2.05) is 42.5 Å². The van der Waals surface area contributed by atoms with Crippen LogP contribution in [0.3, 0.4) is 0 Å². The van der Waals surface area contributed by atoms with Gasteiger partial charge in [0.2, 0.25) is 0 Å². The Balaban J connectivity index is 1.30. The summed E-state index contributed by atoms with van der Waals surface area (Å²) in [5, 5.41) is 13.2. The predicted octanol–water partition coefficient (Wildman–Crippen LogP) is 7.13. The summed E-state index contributed by atoms with van der Waals surface area (Å²) >= 11 is 12.3. The zero-order valence-corrected chi connectivity index (χ0v) is 23.5. The van der Waals surface area contributed by atoms with Gasteiger partial charge in [-0.25, -0.2) is 4.79 Å². The molecule has 3 aromatic carbocycles. The molecule has 202 valence electrons. The highest BCUT2D eigenvalue weighted by molar-refractivity contribution is 6.35. The molecule has 0 bridgehead atoms. The molecular weight excluding hydrogens is 529 g/mol. The second kappa shape index (κ2) is 12.8. The van der Waals surface area contributed by atoms with E-state index in [1.165, 1.54) is 25.7 Å². The summed E-state index contributed by atoms with van der Waals surface area (Å²) in [6.45, 7) is 5.55. The highest BCUT2D eigenvalue weighted by Gasteiger charge is 2.26. The second-order valence-electron chi connectivity index (χ2n) is 10.3. The van der Waals surface area contributed by atoms with Crippen LogP contribution in [0.5, 0.6) is 0 Å². The molecule has 3 aromatic rings. The number of piperazine rings is 1. The molecule has 2 amide bonds. The van der Waals surface area contributed by atoms with Gasteiger partial charge in [0.05, 0.1) is 11.6 Å². The highest BCUT2D eigenvalue weighted by Crippen LogP contribution is 2.27. The van der Waals surface area contributed by atoms with Gasteiger partial charge in [0.15, 0.2) is 0 Å². The number of nitrogens with one attached hydrogen (secondary N) is 1. The first-order chi connectivity index (χ1) is 19.0. The molecule has 2 fully saturated rings. The Bertz CT molecular complexity index is 1310. The van der Waals surface area contributed by atoms with E-state index in [9.17, 15) is 10.1 Å². The normalized spacial score (nSPS) is 16.6. The number of benzene rings is 3. The summed E-state index contributed by atoms with van der Waals surface area (Å²) in [5.41, 5.74) is 3.92. The van der Waals surface area contributed by atoms with E-state index < -0.39 is 0 Å². The number of halogens is 2. The fourth-order valence-electron chi connectivity index (χ4n) is 5.63. The Morgan fingerprint density at radius 3 is 2.28 bits per heavy atom. The van der Waals surface area contributed by atoms with Crippen LogP contribution in [0.2, 0.25) is 10.0 Å². The van der Waals surface area contributed by atoms with E-state index >= 15 is 0 Å². The van der Waals surface area contributed by atoms with E-state index in [4.69, 9.17) is 23.2 Å². The third-order valence-corrected chi connectivity index (χ3v) is 8.19. The van der Waals surface area contributed by atoms with E-state index in [1.54, 1.807) is 29.2 Å². The minimum absolute atomic E-state index is 0.239. The van der Waals surface area contributed by atoms with E-state index in [0.29, 0.717) is 27.8 Å². The Kier molecular flexibility index (Phi) is 9.06. The van der Waals surface area contributed by atoms with Crippen LogP contribution in [-0.2, 0) is 0 Å². The molecule has 2 aliphatic rings. The van der Waals surface area contributed by atoms with E-state index in [-0.39, 0.29) is 6.03 Å². The van der Waals surface area contributed by atoms with Crippen molar-refractivity contribution < 1.29 is 4.79 Å². The van der Waals surface area contributed by atoms with Crippen LogP contribution < -0.4 is 10.2 Å². The van der Waals surface area contributed by atoms with Gasteiger partial charge < -0.3 is 5.32 Å². The number of nitrogens with zero attached hydrogens (tertiary/aromatic N) is 4. The average Bonchev–Trinajstić information content (AvgIpc) is 3.48. The molecule has 0 atom stereocenters. The first-order valence-electron chi connectivity index (χ1n) is 13.6. The van der Waals surface area contributed by atoms with Gasteiger partial charge in [-0.15, -0.1) is 0 Å². The van der Waals surface area contributed by atoms with Crippen LogP contribution in [0, 0.1) is 11.3 Å². The number of anilines is 2. The fraction of sp³-hybridized carbons (Fsp3) is 0.355. The lowest BCUT2D eigenvalue weighted by molar-refractivity contribution is 0.0997. The number of hydrogen-bond acceptors (Lipinski definition) is 4. The van der Waals surface area contributed by atoms with Crippen LogP contribution in [0.1, 0.15) is 31.2 Å². The summed E-state index contributed by atoms with van der Waals surface area (Å²) in [7, 11) is 0. The van der Waals surface area contributed by atoms with Crippen LogP contribution in [0.15, 0.2) is 66.7 Å². The van der Waals surface area contributed by atoms with Crippen LogP contribution in [0.4, 0.5) is 16.2 Å². The lowest BCUT2D eigenvalue weighted by atomic mass is 10.0. The maximum atomic E-state index is 13.5. The topological polar surface area (TPSA) is 62.6 Å². The van der Waals surface area contributed by atoms with Gasteiger partial charge in [-0.2, -0.15) is 5.26 Å². The summed E-state index contributed by atoms with van der Waals surface area (Å²) < 4.78 is 0. The van der Waals surface area contributed by atoms with Gasteiger partial charge >= 0.3 is 6.03 Å². The zero-order chi connectivity index (χ0) is 27.2. The third-order valence-electron chi connectivity index (χ3n) is 7.75. The van der Waals surface area contributed by atoms with E-state index in [2.05, 4.69) is 21.2 Å². The summed E-state index contributed by atoms with van der Waals surface area (Å²) in [5.74, 6) is 0. The van der Waals surface area contributed by atoms with Gasteiger partial charge in [0.25, 0.3) is 0 Å². The Hall–Kier alpha value is -3.08.